The number of hydrogen-bond acceptors (Lipinski definition) is 3. The van der Waals surface area contributed by atoms with Gasteiger partial charge in [0.05, 0.1) is 17.7 Å². The van der Waals surface area contributed by atoms with E-state index < -0.39 is 0 Å². The van der Waals surface area contributed by atoms with Gasteiger partial charge in [-0.15, -0.1) is 11.8 Å². The molecule has 1 atom stereocenters. The Kier molecular flexibility index (Phi) is 7.75. The second kappa shape index (κ2) is 8.81. The van der Waals surface area contributed by atoms with Crippen molar-refractivity contribution in [1.29, 1.82) is 0 Å². The molecule has 0 amide bonds. The molecule has 2 nitrogen and oxygen atoms in total. The summed E-state index contributed by atoms with van der Waals surface area (Å²) in [5.41, 5.74) is 0. The molecule has 0 radical (unpaired) electrons. The number of thioether (sulfide) groups is 1. The van der Waals surface area contributed by atoms with E-state index in [9.17, 15) is 0 Å². The van der Waals surface area contributed by atoms with Crippen molar-refractivity contribution in [2.75, 3.05) is 18.9 Å². The largest absolute Gasteiger partial charge is 0.377 e. The summed E-state index contributed by atoms with van der Waals surface area (Å²) in [6.45, 7) is 7.93. The van der Waals surface area contributed by atoms with Crippen LogP contribution in [0.15, 0.2) is 29.2 Å². The molecular formula is C14H22ClNOS. The van der Waals surface area contributed by atoms with Gasteiger partial charge in [0.1, 0.15) is 0 Å². The predicted molar refractivity (Wildman–Crippen MR) is 80.7 cm³/mol. The first kappa shape index (κ1) is 15.8. The van der Waals surface area contributed by atoms with E-state index in [0.29, 0.717) is 6.04 Å². The highest BCUT2D eigenvalue weighted by atomic mass is 35.5. The predicted octanol–water partition coefficient (Wildman–Crippen LogP) is 3.84. The van der Waals surface area contributed by atoms with Gasteiger partial charge in [-0.2, -0.15) is 0 Å². The van der Waals surface area contributed by atoms with Crippen molar-refractivity contribution in [3.63, 3.8) is 0 Å². The molecule has 0 aliphatic carbocycles. The zero-order chi connectivity index (χ0) is 13.4. The summed E-state index contributed by atoms with van der Waals surface area (Å²) in [7, 11) is 0. The molecule has 1 aromatic rings. The van der Waals surface area contributed by atoms with E-state index in [1.54, 1.807) is 11.8 Å². The molecule has 4 heteroatoms. The third-order valence-electron chi connectivity index (χ3n) is 2.40. The molecule has 1 aromatic carbocycles. The molecule has 0 aromatic heterocycles. The molecule has 1 unspecified atom stereocenters. The average Bonchev–Trinajstić information content (AvgIpc) is 2.34. The first-order valence-corrected chi connectivity index (χ1v) is 7.72. The monoisotopic (exact) mass is 287 g/mol. The first-order chi connectivity index (χ1) is 8.63. The standard InChI is InChI=1S/C14H22ClNOS/c1-4-16-12(9-17-11(2)3)10-18-14-8-6-5-7-13(14)15/h5-8,11-12,16H,4,9-10H2,1-3H3. The van der Waals surface area contributed by atoms with Gasteiger partial charge in [-0.05, 0) is 32.5 Å². The lowest BCUT2D eigenvalue weighted by atomic mass is 10.3. The Balaban J connectivity index is 2.44. The maximum absolute atomic E-state index is 6.14. The van der Waals surface area contributed by atoms with Crippen LogP contribution in [0.1, 0.15) is 20.8 Å². The molecule has 0 spiro atoms. The van der Waals surface area contributed by atoms with Gasteiger partial charge in [-0.25, -0.2) is 0 Å². The summed E-state index contributed by atoms with van der Waals surface area (Å²) >= 11 is 7.91. The van der Waals surface area contributed by atoms with Gasteiger partial charge in [-0.1, -0.05) is 30.7 Å². The SMILES string of the molecule is CCNC(COC(C)C)CSc1ccccc1Cl. The maximum atomic E-state index is 6.14. The number of hydrogen-bond donors (Lipinski definition) is 1. The molecule has 1 rings (SSSR count). The summed E-state index contributed by atoms with van der Waals surface area (Å²) < 4.78 is 5.67. The molecular weight excluding hydrogens is 266 g/mol. The highest BCUT2D eigenvalue weighted by Gasteiger charge is 2.10. The molecule has 18 heavy (non-hydrogen) atoms. The van der Waals surface area contributed by atoms with Crippen LogP contribution in [0.2, 0.25) is 5.02 Å². The molecule has 1 N–H and O–H groups in total. The lowest BCUT2D eigenvalue weighted by Gasteiger charge is -2.19. The molecule has 0 heterocycles. The average molecular weight is 288 g/mol. The normalized spacial score (nSPS) is 12.9. The summed E-state index contributed by atoms with van der Waals surface area (Å²) in [6, 6.07) is 8.31. The summed E-state index contributed by atoms with van der Waals surface area (Å²) in [6.07, 6.45) is 0.275. The molecule has 102 valence electrons. The van der Waals surface area contributed by atoms with E-state index in [0.717, 1.165) is 28.8 Å². The van der Waals surface area contributed by atoms with Crippen molar-refractivity contribution >= 4 is 23.4 Å². The third-order valence-corrected chi connectivity index (χ3v) is 4.08. The van der Waals surface area contributed by atoms with Crippen molar-refractivity contribution in [3.8, 4) is 0 Å². The maximum Gasteiger partial charge on any atom is 0.0631 e. The van der Waals surface area contributed by atoms with Crippen molar-refractivity contribution in [1.82, 2.24) is 5.32 Å². The van der Waals surface area contributed by atoms with Crippen molar-refractivity contribution in [2.45, 2.75) is 37.8 Å². The summed E-state index contributed by atoms with van der Waals surface area (Å²) in [4.78, 5) is 1.13. The first-order valence-electron chi connectivity index (χ1n) is 6.35. The topological polar surface area (TPSA) is 21.3 Å². The van der Waals surface area contributed by atoms with Crippen LogP contribution < -0.4 is 5.32 Å². The van der Waals surface area contributed by atoms with Gasteiger partial charge >= 0.3 is 0 Å². The molecule has 0 saturated heterocycles. The number of benzene rings is 1. The van der Waals surface area contributed by atoms with Gasteiger partial charge in [-0.3, -0.25) is 0 Å². The fourth-order valence-electron chi connectivity index (χ4n) is 1.52. The quantitative estimate of drug-likeness (QED) is 0.734. The van der Waals surface area contributed by atoms with Crippen LogP contribution in [0.4, 0.5) is 0 Å². The van der Waals surface area contributed by atoms with Crippen LogP contribution in [0, 0.1) is 0 Å². The van der Waals surface area contributed by atoms with E-state index in [-0.39, 0.29) is 6.10 Å². The van der Waals surface area contributed by atoms with Crippen LogP contribution in [0.25, 0.3) is 0 Å². The van der Waals surface area contributed by atoms with Crippen LogP contribution in [-0.2, 0) is 4.74 Å². The van der Waals surface area contributed by atoms with Crippen LogP contribution in [0.3, 0.4) is 0 Å². The Morgan fingerprint density at radius 1 is 1.33 bits per heavy atom. The minimum absolute atomic E-state index is 0.275. The van der Waals surface area contributed by atoms with E-state index in [1.165, 1.54) is 0 Å². The van der Waals surface area contributed by atoms with Gasteiger partial charge in [0.25, 0.3) is 0 Å². The summed E-state index contributed by atoms with van der Waals surface area (Å²) in [5, 5.41) is 4.26. The van der Waals surface area contributed by atoms with E-state index >= 15 is 0 Å². The zero-order valence-electron chi connectivity index (χ0n) is 11.3. The summed E-state index contributed by atoms with van der Waals surface area (Å²) in [5.74, 6) is 0.963. The fourth-order valence-corrected chi connectivity index (χ4v) is 2.79. The van der Waals surface area contributed by atoms with Crippen LogP contribution >= 0.6 is 23.4 Å². The molecule has 0 aliphatic rings. The van der Waals surface area contributed by atoms with Gasteiger partial charge in [0, 0.05) is 16.7 Å². The molecule has 0 fully saturated rings. The Morgan fingerprint density at radius 2 is 2.06 bits per heavy atom. The number of ether oxygens (including phenoxy) is 1. The van der Waals surface area contributed by atoms with E-state index in [4.69, 9.17) is 16.3 Å². The Hall–Kier alpha value is -0.220. The highest BCUT2D eigenvalue weighted by Crippen LogP contribution is 2.27. The number of likely N-dealkylation sites (N-methyl/N-ethyl adjacent to an activating group) is 1. The van der Waals surface area contributed by atoms with E-state index in [2.05, 4.69) is 32.2 Å². The fraction of sp³-hybridized carbons (Fsp3) is 0.571. The highest BCUT2D eigenvalue weighted by molar-refractivity contribution is 7.99. The third kappa shape index (κ3) is 6.10. The van der Waals surface area contributed by atoms with Gasteiger partial charge < -0.3 is 10.1 Å². The van der Waals surface area contributed by atoms with E-state index in [1.807, 2.05) is 18.2 Å². The Labute approximate surface area is 119 Å². The Morgan fingerprint density at radius 3 is 2.67 bits per heavy atom. The number of nitrogens with one attached hydrogen (secondary N) is 1. The second-order valence-corrected chi connectivity index (χ2v) is 5.85. The zero-order valence-corrected chi connectivity index (χ0v) is 12.9. The van der Waals surface area contributed by atoms with Gasteiger partial charge in [0.2, 0.25) is 0 Å². The second-order valence-electron chi connectivity index (χ2n) is 4.38. The number of rotatable bonds is 8. The van der Waals surface area contributed by atoms with Crippen molar-refractivity contribution in [2.24, 2.45) is 0 Å². The van der Waals surface area contributed by atoms with Crippen molar-refractivity contribution < 1.29 is 4.74 Å². The van der Waals surface area contributed by atoms with Crippen LogP contribution in [0.5, 0.6) is 0 Å². The molecule has 0 aliphatic heterocycles. The lowest BCUT2D eigenvalue weighted by molar-refractivity contribution is 0.0658. The Bertz CT molecular complexity index is 346. The number of halogens is 1. The lowest BCUT2D eigenvalue weighted by Crippen LogP contribution is -2.36. The van der Waals surface area contributed by atoms with Crippen molar-refractivity contribution in [3.05, 3.63) is 29.3 Å². The smallest absolute Gasteiger partial charge is 0.0631 e. The minimum Gasteiger partial charge on any atom is -0.377 e. The molecule has 0 bridgehead atoms. The minimum atomic E-state index is 0.275. The van der Waals surface area contributed by atoms with Gasteiger partial charge in [0.15, 0.2) is 0 Å². The van der Waals surface area contributed by atoms with Crippen LogP contribution in [-0.4, -0.2) is 31.1 Å². The molecule has 0 saturated carbocycles.